The number of aryl methyl sites for hydroxylation is 1. The minimum absolute atomic E-state index is 0.0525. The van der Waals surface area contributed by atoms with Crippen LogP contribution in [0.15, 0.2) is 24.3 Å². The van der Waals surface area contributed by atoms with Gasteiger partial charge in [0.1, 0.15) is 0 Å². The van der Waals surface area contributed by atoms with Gasteiger partial charge in [-0.25, -0.2) is 0 Å². The van der Waals surface area contributed by atoms with Crippen LogP contribution in [-0.2, 0) is 10.8 Å². The number of nitrogens with zero attached hydrogens (tertiary/aromatic N) is 1. The number of rotatable bonds is 1. The van der Waals surface area contributed by atoms with Crippen molar-refractivity contribution in [3.8, 4) is 0 Å². The molecule has 1 aliphatic rings. The van der Waals surface area contributed by atoms with E-state index in [2.05, 4.69) is 0 Å². The van der Waals surface area contributed by atoms with E-state index >= 15 is 0 Å². The molecule has 1 fully saturated rings. The monoisotopic (exact) mass is 297 g/mol. The highest BCUT2D eigenvalue weighted by atomic mass is 32.2. The molecule has 0 saturated carbocycles. The van der Waals surface area contributed by atoms with Gasteiger partial charge in [0.05, 0.1) is 0 Å². The Balaban J connectivity index is 0.000000829. The lowest BCUT2D eigenvalue weighted by molar-refractivity contribution is 0.0771. The Morgan fingerprint density at radius 1 is 1.00 bits per heavy atom. The van der Waals surface area contributed by atoms with Gasteiger partial charge in [0.25, 0.3) is 5.91 Å². The Labute approximate surface area is 125 Å². The molecule has 20 heavy (non-hydrogen) atoms. The van der Waals surface area contributed by atoms with Gasteiger partial charge in [-0.1, -0.05) is 45.4 Å². The molecule has 1 saturated heterocycles. The first-order valence-corrected chi connectivity index (χ1v) is 8.86. The van der Waals surface area contributed by atoms with Gasteiger partial charge >= 0.3 is 0 Å². The molecular formula is C16H27NO2S. The Bertz CT molecular complexity index is 405. The fourth-order valence-corrected chi connectivity index (χ4v) is 2.77. The van der Waals surface area contributed by atoms with Gasteiger partial charge in [0.15, 0.2) is 0 Å². The Hall–Kier alpha value is -1.16. The fraction of sp³-hybridized carbons (Fsp3) is 0.562. The van der Waals surface area contributed by atoms with Gasteiger partial charge < -0.3 is 4.90 Å². The maximum Gasteiger partial charge on any atom is 0.253 e. The minimum Gasteiger partial charge on any atom is -0.337 e. The van der Waals surface area contributed by atoms with Crippen molar-refractivity contribution < 1.29 is 9.00 Å². The van der Waals surface area contributed by atoms with Crippen LogP contribution in [0.2, 0.25) is 0 Å². The molecule has 4 heteroatoms. The number of carbonyl (C=O) groups is 1. The summed E-state index contributed by atoms with van der Waals surface area (Å²) < 4.78 is 11.2. The number of hydrogen-bond acceptors (Lipinski definition) is 2. The highest BCUT2D eigenvalue weighted by Gasteiger charge is 2.20. The molecule has 1 aromatic carbocycles. The lowest BCUT2D eigenvalue weighted by Crippen LogP contribution is -2.41. The first-order valence-electron chi connectivity index (χ1n) is 7.38. The molecule has 1 aromatic rings. The minimum atomic E-state index is -0.731. The second kappa shape index (κ2) is 10.6. The normalized spacial score (nSPS) is 14.6. The molecule has 0 aromatic heterocycles. The lowest BCUT2D eigenvalue weighted by atomic mass is 10.1. The van der Waals surface area contributed by atoms with E-state index in [4.69, 9.17) is 0 Å². The van der Waals surface area contributed by atoms with E-state index in [9.17, 15) is 9.00 Å². The van der Waals surface area contributed by atoms with Crippen molar-refractivity contribution in [1.29, 1.82) is 0 Å². The van der Waals surface area contributed by atoms with Crippen LogP contribution in [0.5, 0.6) is 0 Å². The summed E-state index contributed by atoms with van der Waals surface area (Å²) in [6, 6.07) is 7.58. The largest absolute Gasteiger partial charge is 0.337 e. The summed E-state index contributed by atoms with van der Waals surface area (Å²) in [5, 5.41) is 0. The topological polar surface area (TPSA) is 37.4 Å². The summed E-state index contributed by atoms with van der Waals surface area (Å²) in [4.78, 5) is 13.8. The third-order valence-electron chi connectivity index (χ3n) is 2.76. The van der Waals surface area contributed by atoms with Gasteiger partial charge in [-0.3, -0.25) is 9.00 Å². The molecule has 0 bridgehead atoms. The molecule has 0 aliphatic carbocycles. The van der Waals surface area contributed by atoms with Crippen molar-refractivity contribution in [1.82, 2.24) is 4.90 Å². The van der Waals surface area contributed by atoms with Crippen LogP contribution in [0.25, 0.3) is 0 Å². The van der Waals surface area contributed by atoms with E-state index < -0.39 is 10.8 Å². The quantitative estimate of drug-likeness (QED) is 0.798. The SMILES string of the molecule is CC.CC.Cc1ccc(C(=O)N2CCS(=O)CC2)cc1. The molecule has 0 spiro atoms. The first kappa shape index (κ1) is 18.8. The average molecular weight is 297 g/mol. The number of carbonyl (C=O) groups excluding carboxylic acids is 1. The fourth-order valence-electron chi connectivity index (χ4n) is 1.72. The second-order valence-electron chi connectivity index (χ2n) is 4.01. The van der Waals surface area contributed by atoms with E-state index in [-0.39, 0.29) is 5.91 Å². The van der Waals surface area contributed by atoms with Crippen molar-refractivity contribution >= 4 is 16.7 Å². The Kier molecular flexibility index (Phi) is 9.99. The average Bonchev–Trinajstić information content (AvgIpc) is 2.52. The molecule has 0 unspecified atom stereocenters. The zero-order valence-corrected chi connectivity index (χ0v) is 14.1. The van der Waals surface area contributed by atoms with Gasteiger partial charge in [0.2, 0.25) is 0 Å². The maximum absolute atomic E-state index is 12.0. The van der Waals surface area contributed by atoms with Crippen molar-refractivity contribution in [2.24, 2.45) is 0 Å². The molecule has 1 aliphatic heterocycles. The predicted molar refractivity (Wildman–Crippen MR) is 87.7 cm³/mol. The van der Waals surface area contributed by atoms with E-state index in [0.717, 1.165) is 11.1 Å². The van der Waals surface area contributed by atoms with E-state index in [1.165, 1.54) is 0 Å². The highest BCUT2D eigenvalue weighted by Crippen LogP contribution is 2.09. The summed E-state index contributed by atoms with van der Waals surface area (Å²) >= 11 is 0. The molecule has 1 amide bonds. The predicted octanol–water partition coefficient (Wildman–Crippen LogP) is 3.25. The smallest absolute Gasteiger partial charge is 0.253 e. The number of hydrogen-bond donors (Lipinski definition) is 0. The Morgan fingerprint density at radius 3 is 1.90 bits per heavy atom. The van der Waals surface area contributed by atoms with E-state index in [1.807, 2.05) is 58.9 Å². The van der Waals surface area contributed by atoms with Crippen LogP contribution in [0.1, 0.15) is 43.6 Å². The van der Waals surface area contributed by atoms with E-state index in [1.54, 1.807) is 4.90 Å². The van der Waals surface area contributed by atoms with Gasteiger partial charge in [-0.2, -0.15) is 0 Å². The molecule has 2 rings (SSSR count). The lowest BCUT2D eigenvalue weighted by Gasteiger charge is -2.26. The Morgan fingerprint density at radius 2 is 1.45 bits per heavy atom. The van der Waals surface area contributed by atoms with Crippen LogP contribution < -0.4 is 0 Å². The standard InChI is InChI=1S/C12H15NO2S.2C2H6/c1-10-2-4-11(5-3-10)12(14)13-6-8-16(15)9-7-13;2*1-2/h2-5H,6-9H2,1H3;2*1-2H3. The van der Waals surface area contributed by atoms with Gasteiger partial charge in [-0.15, -0.1) is 0 Å². The summed E-state index contributed by atoms with van der Waals surface area (Å²) in [7, 11) is -0.731. The zero-order chi connectivity index (χ0) is 15.5. The number of benzene rings is 1. The molecule has 0 atom stereocenters. The van der Waals surface area contributed by atoms with Crippen molar-refractivity contribution in [2.45, 2.75) is 34.6 Å². The maximum atomic E-state index is 12.0. The summed E-state index contributed by atoms with van der Waals surface area (Å²) in [6.45, 7) is 11.2. The van der Waals surface area contributed by atoms with Crippen LogP contribution in [0, 0.1) is 6.92 Å². The van der Waals surface area contributed by atoms with Crippen LogP contribution in [0.3, 0.4) is 0 Å². The molecule has 1 heterocycles. The van der Waals surface area contributed by atoms with Gasteiger partial charge in [0, 0.05) is 41.0 Å². The summed E-state index contributed by atoms with van der Waals surface area (Å²) in [6.07, 6.45) is 0. The summed E-state index contributed by atoms with van der Waals surface area (Å²) in [5.74, 6) is 1.27. The molecule has 0 N–H and O–H groups in total. The van der Waals surface area contributed by atoms with E-state index in [0.29, 0.717) is 24.6 Å². The zero-order valence-electron chi connectivity index (χ0n) is 13.3. The highest BCUT2D eigenvalue weighted by molar-refractivity contribution is 7.85. The number of amides is 1. The van der Waals surface area contributed by atoms with Crippen molar-refractivity contribution in [2.75, 3.05) is 24.6 Å². The molecule has 0 radical (unpaired) electrons. The van der Waals surface area contributed by atoms with Crippen molar-refractivity contribution in [3.63, 3.8) is 0 Å². The van der Waals surface area contributed by atoms with Crippen LogP contribution >= 0.6 is 0 Å². The summed E-state index contributed by atoms with van der Waals surface area (Å²) in [5.41, 5.74) is 1.87. The van der Waals surface area contributed by atoms with Crippen LogP contribution in [-0.4, -0.2) is 39.6 Å². The first-order chi connectivity index (χ1) is 9.66. The van der Waals surface area contributed by atoms with Gasteiger partial charge in [-0.05, 0) is 19.1 Å². The second-order valence-corrected chi connectivity index (χ2v) is 5.70. The van der Waals surface area contributed by atoms with Crippen LogP contribution in [0.4, 0.5) is 0 Å². The third kappa shape index (κ3) is 5.87. The molecular weight excluding hydrogens is 270 g/mol. The third-order valence-corrected chi connectivity index (χ3v) is 4.04. The van der Waals surface area contributed by atoms with Crippen molar-refractivity contribution in [3.05, 3.63) is 35.4 Å². The molecule has 3 nitrogen and oxygen atoms in total. The molecule has 114 valence electrons.